The Hall–Kier alpha value is -4.33. The van der Waals surface area contributed by atoms with E-state index in [1.807, 2.05) is 85.8 Å². The molecule has 8 nitrogen and oxygen atoms in total. The Kier molecular flexibility index (Phi) is 10.2. The fourth-order valence-corrected chi connectivity index (χ4v) is 4.66. The third kappa shape index (κ3) is 7.40. The lowest BCUT2D eigenvalue weighted by molar-refractivity contribution is -0.127. The summed E-state index contributed by atoms with van der Waals surface area (Å²) in [7, 11) is 0. The summed E-state index contributed by atoms with van der Waals surface area (Å²) in [5.41, 5.74) is 3.38. The lowest BCUT2D eigenvalue weighted by Gasteiger charge is -2.29. The van der Waals surface area contributed by atoms with Gasteiger partial charge in [-0.05, 0) is 47.7 Å². The number of carbonyl (C=O) groups excluding carboxylic acids is 3. The van der Waals surface area contributed by atoms with Gasteiger partial charge in [-0.3, -0.25) is 14.5 Å². The Morgan fingerprint density at radius 1 is 0.925 bits per heavy atom. The van der Waals surface area contributed by atoms with Gasteiger partial charge in [0.2, 0.25) is 11.8 Å². The zero-order valence-electron chi connectivity index (χ0n) is 23.1. The second-order valence-corrected chi connectivity index (χ2v) is 9.80. The third-order valence-electron chi connectivity index (χ3n) is 6.86. The summed E-state index contributed by atoms with van der Waals surface area (Å²) in [5, 5.41) is 5.66. The van der Waals surface area contributed by atoms with E-state index >= 15 is 0 Å². The molecule has 0 saturated carbocycles. The molecule has 1 heterocycles. The van der Waals surface area contributed by atoms with Crippen LogP contribution in [0.25, 0.3) is 0 Å². The van der Waals surface area contributed by atoms with Crippen LogP contribution in [0.15, 0.2) is 78.9 Å². The normalized spacial score (nSPS) is 14.7. The van der Waals surface area contributed by atoms with Crippen molar-refractivity contribution in [3.63, 3.8) is 0 Å². The van der Waals surface area contributed by atoms with Crippen molar-refractivity contribution in [2.75, 3.05) is 11.4 Å². The number of benzene rings is 3. The van der Waals surface area contributed by atoms with Crippen LogP contribution in [0.3, 0.4) is 0 Å². The van der Waals surface area contributed by atoms with Crippen molar-refractivity contribution in [2.24, 2.45) is 0 Å². The van der Waals surface area contributed by atoms with Crippen LogP contribution in [0.2, 0.25) is 0 Å². The summed E-state index contributed by atoms with van der Waals surface area (Å²) in [6, 6.07) is 23.1. The van der Waals surface area contributed by atoms with E-state index in [1.54, 1.807) is 0 Å². The first kappa shape index (κ1) is 28.7. The van der Waals surface area contributed by atoms with E-state index in [0.717, 1.165) is 29.5 Å². The highest BCUT2D eigenvalue weighted by Gasteiger charge is 2.41. The number of unbranched alkanes of at least 4 members (excludes halogenated alkanes) is 1. The molecule has 0 aliphatic carbocycles. The second kappa shape index (κ2) is 14.2. The van der Waals surface area contributed by atoms with Crippen molar-refractivity contribution in [3.05, 3.63) is 95.6 Å². The van der Waals surface area contributed by atoms with Crippen molar-refractivity contribution in [2.45, 2.75) is 64.8 Å². The van der Waals surface area contributed by atoms with Crippen LogP contribution in [-0.2, 0) is 34.0 Å². The molecule has 8 heteroatoms. The predicted octanol–water partition coefficient (Wildman–Crippen LogP) is 5.14. The minimum Gasteiger partial charge on any atom is -0.489 e. The molecule has 1 aliphatic heterocycles. The summed E-state index contributed by atoms with van der Waals surface area (Å²) in [6.07, 6.45) is 1.81. The van der Waals surface area contributed by atoms with Gasteiger partial charge in [-0.25, -0.2) is 4.79 Å². The van der Waals surface area contributed by atoms with Crippen molar-refractivity contribution in [1.82, 2.24) is 10.6 Å². The quantitative estimate of drug-likeness (QED) is 0.308. The Morgan fingerprint density at radius 3 is 2.25 bits per heavy atom. The first-order valence-electron chi connectivity index (χ1n) is 13.9. The molecule has 210 valence electrons. The van der Waals surface area contributed by atoms with E-state index in [0.29, 0.717) is 37.4 Å². The van der Waals surface area contributed by atoms with Crippen molar-refractivity contribution in [1.29, 1.82) is 0 Å². The molecule has 0 spiro atoms. The molecule has 0 unspecified atom stereocenters. The van der Waals surface area contributed by atoms with Crippen LogP contribution in [0, 0.1) is 0 Å². The lowest BCUT2D eigenvalue weighted by Crippen LogP contribution is -2.55. The molecule has 3 aromatic rings. The summed E-state index contributed by atoms with van der Waals surface area (Å²) in [6.45, 7) is 4.91. The van der Waals surface area contributed by atoms with Crippen LogP contribution >= 0.6 is 0 Å². The van der Waals surface area contributed by atoms with Crippen molar-refractivity contribution in [3.8, 4) is 5.75 Å². The average molecular weight is 544 g/mol. The van der Waals surface area contributed by atoms with E-state index in [1.165, 1.54) is 4.90 Å². The standard InChI is InChI=1S/C32H37N3O5/c1-3-5-18-33-30(36)29-20-25-19-26(39-21-23-12-8-6-9-13-23)16-17-28(25)35(29)31(37)27(4-2)34-32(38)40-22-24-14-10-7-11-15-24/h6-17,19,27,29H,3-5,18,20-22H2,1-2H3,(H,33,36)(H,34,38)/t27-,29-/m0/s1. The SMILES string of the molecule is CCCCNC(=O)[C@@H]1Cc2cc(OCc3ccccc3)ccc2N1C(=O)[C@H](CC)NC(=O)OCc1ccccc1. The van der Waals surface area contributed by atoms with Gasteiger partial charge in [0.1, 0.15) is 31.0 Å². The number of alkyl carbamates (subject to hydrolysis) is 1. The van der Waals surface area contributed by atoms with Gasteiger partial charge in [0.25, 0.3) is 0 Å². The molecule has 40 heavy (non-hydrogen) atoms. The molecular formula is C32H37N3O5. The zero-order chi connectivity index (χ0) is 28.3. The van der Waals surface area contributed by atoms with Crippen LogP contribution in [-0.4, -0.2) is 36.5 Å². The number of carbonyl (C=O) groups is 3. The lowest BCUT2D eigenvalue weighted by atomic mass is 10.1. The van der Waals surface area contributed by atoms with Crippen molar-refractivity contribution >= 4 is 23.6 Å². The van der Waals surface area contributed by atoms with E-state index in [9.17, 15) is 14.4 Å². The number of rotatable bonds is 12. The topological polar surface area (TPSA) is 97.0 Å². The maximum Gasteiger partial charge on any atom is 0.408 e. The fourth-order valence-electron chi connectivity index (χ4n) is 4.66. The van der Waals surface area contributed by atoms with Crippen LogP contribution in [0.4, 0.5) is 10.5 Å². The summed E-state index contributed by atoms with van der Waals surface area (Å²) in [4.78, 5) is 41.2. The zero-order valence-corrected chi connectivity index (χ0v) is 23.1. The smallest absolute Gasteiger partial charge is 0.408 e. The van der Waals surface area contributed by atoms with Gasteiger partial charge in [-0.15, -0.1) is 0 Å². The molecule has 0 saturated heterocycles. The number of nitrogens with one attached hydrogen (secondary N) is 2. The summed E-state index contributed by atoms with van der Waals surface area (Å²) in [5.74, 6) is 0.0921. The van der Waals surface area contributed by atoms with E-state index in [4.69, 9.17) is 9.47 Å². The number of amides is 3. The van der Waals surface area contributed by atoms with E-state index < -0.39 is 18.2 Å². The Morgan fingerprint density at radius 2 is 1.60 bits per heavy atom. The maximum absolute atomic E-state index is 13.8. The molecule has 1 aliphatic rings. The number of ether oxygens (including phenoxy) is 2. The molecule has 2 N–H and O–H groups in total. The van der Waals surface area contributed by atoms with Gasteiger partial charge in [-0.2, -0.15) is 0 Å². The Balaban J connectivity index is 1.49. The second-order valence-electron chi connectivity index (χ2n) is 9.80. The molecule has 0 radical (unpaired) electrons. The molecule has 4 rings (SSSR count). The van der Waals surface area contributed by atoms with Gasteiger partial charge >= 0.3 is 6.09 Å². The molecule has 2 atom stereocenters. The van der Waals surface area contributed by atoms with E-state index in [2.05, 4.69) is 17.6 Å². The number of nitrogens with zero attached hydrogens (tertiary/aromatic N) is 1. The third-order valence-corrected chi connectivity index (χ3v) is 6.86. The Labute approximate surface area is 235 Å². The number of hydrogen-bond donors (Lipinski definition) is 2. The first-order chi connectivity index (χ1) is 19.5. The highest BCUT2D eigenvalue weighted by Crippen LogP contribution is 2.36. The van der Waals surface area contributed by atoms with Gasteiger partial charge in [0.15, 0.2) is 0 Å². The first-order valence-corrected chi connectivity index (χ1v) is 13.9. The van der Waals surface area contributed by atoms with E-state index in [-0.39, 0.29) is 18.4 Å². The maximum atomic E-state index is 13.8. The van der Waals surface area contributed by atoms with Crippen LogP contribution in [0.5, 0.6) is 5.75 Å². The number of hydrogen-bond acceptors (Lipinski definition) is 5. The fraction of sp³-hybridized carbons (Fsp3) is 0.344. The predicted molar refractivity (Wildman–Crippen MR) is 154 cm³/mol. The van der Waals surface area contributed by atoms with Gasteiger partial charge in [0.05, 0.1) is 0 Å². The summed E-state index contributed by atoms with van der Waals surface area (Å²) < 4.78 is 11.3. The average Bonchev–Trinajstić information content (AvgIpc) is 3.37. The Bertz CT molecular complexity index is 1280. The monoisotopic (exact) mass is 543 g/mol. The molecular weight excluding hydrogens is 506 g/mol. The van der Waals surface area contributed by atoms with Crippen molar-refractivity contribution < 1.29 is 23.9 Å². The van der Waals surface area contributed by atoms with Crippen LogP contribution in [0.1, 0.15) is 49.8 Å². The van der Waals surface area contributed by atoms with Gasteiger partial charge < -0.3 is 20.1 Å². The summed E-state index contributed by atoms with van der Waals surface area (Å²) >= 11 is 0. The van der Waals surface area contributed by atoms with Crippen LogP contribution < -0.4 is 20.3 Å². The minimum absolute atomic E-state index is 0.0953. The molecule has 0 aromatic heterocycles. The molecule has 0 bridgehead atoms. The molecule has 0 fully saturated rings. The molecule has 3 aromatic carbocycles. The highest BCUT2D eigenvalue weighted by atomic mass is 16.5. The number of anilines is 1. The highest BCUT2D eigenvalue weighted by molar-refractivity contribution is 6.06. The minimum atomic E-state index is -0.853. The van der Waals surface area contributed by atoms with Gasteiger partial charge in [-0.1, -0.05) is 80.9 Å². The largest absolute Gasteiger partial charge is 0.489 e. The molecule has 3 amide bonds. The van der Waals surface area contributed by atoms with Gasteiger partial charge in [0, 0.05) is 18.7 Å². The number of fused-ring (bicyclic) bond motifs is 1.